The summed E-state index contributed by atoms with van der Waals surface area (Å²) in [6.07, 6.45) is 1.31. The van der Waals surface area contributed by atoms with E-state index in [2.05, 4.69) is 29.1 Å². The minimum atomic E-state index is 0.711. The molecule has 0 amide bonds. The van der Waals surface area contributed by atoms with Crippen LogP contribution in [0.2, 0.25) is 0 Å². The highest BCUT2D eigenvalue weighted by atomic mass is 15.3. The highest BCUT2D eigenvalue weighted by Gasteiger charge is 2.29. The van der Waals surface area contributed by atoms with Crippen LogP contribution >= 0.6 is 0 Å². The molecule has 1 atom stereocenters. The molecule has 0 aromatic heterocycles. The monoisotopic (exact) mass is 183 g/mol. The van der Waals surface area contributed by atoms with Crippen LogP contribution < -0.4 is 5.32 Å². The summed E-state index contributed by atoms with van der Waals surface area (Å²) < 4.78 is 0. The molecule has 0 aliphatic carbocycles. The molecular formula is C10H21N3. The summed E-state index contributed by atoms with van der Waals surface area (Å²) in [5, 5.41) is 3.53. The Morgan fingerprint density at radius 1 is 1.23 bits per heavy atom. The van der Waals surface area contributed by atoms with E-state index in [1.54, 1.807) is 0 Å². The highest BCUT2D eigenvalue weighted by molar-refractivity contribution is 4.87. The number of likely N-dealkylation sites (N-methyl/N-ethyl adjacent to an activating group) is 1. The van der Waals surface area contributed by atoms with Crippen LogP contribution in [0.25, 0.3) is 0 Å². The molecule has 0 bridgehead atoms. The minimum absolute atomic E-state index is 0.711. The van der Waals surface area contributed by atoms with Crippen molar-refractivity contribution in [3.05, 3.63) is 0 Å². The molecule has 2 aliphatic rings. The standard InChI is InChI=1S/C10H21N3/c1-9-3-5-13(6-4-11-9)10-7-12(2)8-10/h9-11H,3-8H2,1-2H3. The SMILES string of the molecule is CC1CCN(C2CN(C)C2)CCN1. The van der Waals surface area contributed by atoms with Crippen LogP contribution in [0.1, 0.15) is 13.3 Å². The number of likely N-dealkylation sites (tertiary alicyclic amines) is 1. The van der Waals surface area contributed by atoms with Crippen LogP contribution in [0.15, 0.2) is 0 Å². The van der Waals surface area contributed by atoms with Gasteiger partial charge in [-0.05, 0) is 20.4 Å². The van der Waals surface area contributed by atoms with Crippen molar-refractivity contribution < 1.29 is 0 Å². The van der Waals surface area contributed by atoms with Gasteiger partial charge < -0.3 is 10.2 Å². The Bertz CT molecular complexity index is 166. The molecule has 76 valence electrons. The Labute approximate surface area is 81.1 Å². The van der Waals surface area contributed by atoms with E-state index in [1.807, 2.05) is 0 Å². The summed E-state index contributed by atoms with van der Waals surface area (Å²) in [6, 6.07) is 1.56. The minimum Gasteiger partial charge on any atom is -0.313 e. The molecule has 2 heterocycles. The van der Waals surface area contributed by atoms with Crippen molar-refractivity contribution in [1.29, 1.82) is 0 Å². The Morgan fingerprint density at radius 3 is 2.69 bits per heavy atom. The molecule has 2 fully saturated rings. The van der Waals surface area contributed by atoms with E-state index < -0.39 is 0 Å². The van der Waals surface area contributed by atoms with Gasteiger partial charge in [-0.1, -0.05) is 0 Å². The molecule has 13 heavy (non-hydrogen) atoms. The summed E-state index contributed by atoms with van der Waals surface area (Å²) in [6.45, 7) is 8.52. The summed E-state index contributed by atoms with van der Waals surface area (Å²) >= 11 is 0. The van der Waals surface area contributed by atoms with Crippen molar-refractivity contribution in [2.75, 3.05) is 39.8 Å². The van der Waals surface area contributed by atoms with Crippen molar-refractivity contribution in [2.45, 2.75) is 25.4 Å². The van der Waals surface area contributed by atoms with E-state index in [1.165, 1.54) is 39.1 Å². The molecule has 0 radical (unpaired) electrons. The second kappa shape index (κ2) is 3.95. The second-order valence-corrected chi connectivity index (χ2v) is 4.55. The van der Waals surface area contributed by atoms with Gasteiger partial charge in [-0.2, -0.15) is 0 Å². The largest absolute Gasteiger partial charge is 0.313 e. The van der Waals surface area contributed by atoms with E-state index in [-0.39, 0.29) is 0 Å². The van der Waals surface area contributed by atoms with Crippen molar-refractivity contribution in [3.8, 4) is 0 Å². The maximum atomic E-state index is 3.53. The van der Waals surface area contributed by atoms with E-state index in [0.717, 1.165) is 6.04 Å². The predicted molar refractivity (Wildman–Crippen MR) is 54.9 cm³/mol. The van der Waals surface area contributed by atoms with Crippen LogP contribution in [0.4, 0.5) is 0 Å². The zero-order valence-corrected chi connectivity index (χ0v) is 8.79. The maximum Gasteiger partial charge on any atom is 0.0350 e. The fourth-order valence-corrected chi connectivity index (χ4v) is 2.29. The Kier molecular flexibility index (Phi) is 2.86. The van der Waals surface area contributed by atoms with Gasteiger partial charge in [0, 0.05) is 44.8 Å². The predicted octanol–water partition coefficient (Wildman–Crippen LogP) is -0.0158. The van der Waals surface area contributed by atoms with Gasteiger partial charge in [0.1, 0.15) is 0 Å². The molecule has 3 nitrogen and oxygen atoms in total. The molecular weight excluding hydrogens is 162 g/mol. The third-order valence-electron chi connectivity index (χ3n) is 3.30. The third kappa shape index (κ3) is 2.22. The molecule has 0 spiro atoms. The van der Waals surface area contributed by atoms with Crippen molar-refractivity contribution in [3.63, 3.8) is 0 Å². The molecule has 1 unspecified atom stereocenters. The van der Waals surface area contributed by atoms with Gasteiger partial charge in [0.15, 0.2) is 0 Å². The van der Waals surface area contributed by atoms with Crippen molar-refractivity contribution >= 4 is 0 Å². The molecule has 2 saturated heterocycles. The fourth-order valence-electron chi connectivity index (χ4n) is 2.29. The molecule has 0 aromatic rings. The number of nitrogens with zero attached hydrogens (tertiary/aromatic N) is 2. The first-order valence-electron chi connectivity index (χ1n) is 5.41. The summed E-state index contributed by atoms with van der Waals surface area (Å²) in [5.74, 6) is 0. The first kappa shape index (κ1) is 9.44. The third-order valence-corrected chi connectivity index (χ3v) is 3.30. The molecule has 0 saturated carbocycles. The van der Waals surface area contributed by atoms with Crippen molar-refractivity contribution in [2.24, 2.45) is 0 Å². The molecule has 2 rings (SSSR count). The quantitative estimate of drug-likeness (QED) is 0.616. The van der Waals surface area contributed by atoms with Gasteiger partial charge in [0.05, 0.1) is 0 Å². The highest BCUT2D eigenvalue weighted by Crippen LogP contribution is 2.14. The van der Waals surface area contributed by atoms with Gasteiger partial charge in [-0.3, -0.25) is 4.90 Å². The molecule has 3 heteroatoms. The lowest BCUT2D eigenvalue weighted by Gasteiger charge is -2.43. The van der Waals surface area contributed by atoms with Crippen molar-refractivity contribution in [1.82, 2.24) is 15.1 Å². The Morgan fingerprint density at radius 2 is 2.00 bits per heavy atom. The number of hydrogen-bond donors (Lipinski definition) is 1. The lowest BCUT2D eigenvalue weighted by Crippen LogP contribution is -2.58. The first-order chi connectivity index (χ1) is 6.25. The van der Waals surface area contributed by atoms with Gasteiger partial charge in [0.2, 0.25) is 0 Å². The average molecular weight is 183 g/mol. The lowest BCUT2D eigenvalue weighted by atomic mass is 10.1. The van der Waals surface area contributed by atoms with Crippen LogP contribution in [-0.2, 0) is 0 Å². The van der Waals surface area contributed by atoms with Gasteiger partial charge in [-0.25, -0.2) is 0 Å². The van der Waals surface area contributed by atoms with E-state index in [4.69, 9.17) is 0 Å². The topological polar surface area (TPSA) is 18.5 Å². The van der Waals surface area contributed by atoms with Crippen LogP contribution in [0, 0.1) is 0 Å². The summed E-state index contributed by atoms with van der Waals surface area (Å²) in [7, 11) is 2.20. The van der Waals surface area contributed by atoms with Crippen LogP contribution in [-0.4, -0.2) is 61.7 Å². The van der Waals surface area contributed by atoms with E-state index in [0.29, 0.717) is 6.04 Å². The van der Waals surface area contributed by atoms with E-state index >= 15 is 0 Å². The zero-order chi connectivity index (χ0) is 9.26. The van der Waals surface area contributed by atoms with E-state index in [9.17, 15) is 0 Å². The van der Waals surface area contributed by atoms with Gasteiger partial charge in [-0.15, -0.1) is 0 Å². The maximum absolute atomic E-state index is 3.53. The Hall–Kier alpha value is -0.120. The summed E-state index contributed by atoms with van der Waals surface area (Å²) in [5.41, 5.74) is 0. The smallest absolute Gasteiger partial charge is 0.0350 e. The van der Waals surface area contributed by atoms with Gasteiger partial charge in [0.25, 0.3) is 0 Å². The molecule has 0 aromatic carbocycles. The number of rotatable bonds is 1. The van der Waals surface area contributed by atoms with Crippen LogP contribution in [0.5, 0.6) is 0 Å². The Balaban J connectivity index is 1.79. The first-order valence-corrected chi connectivity index (χ1v) is 5.41. The number of nitrogens with one attached hydrogen (secondary N) is 1. The number of hydrogen-bond acceptors (Lipinski definition) is 3. The normalized spacial score (nSPS) is 34.2. The zero-order valence-electron chi connectivity index (χ0n) is 8.79. The molecule has 1 N–H and O–H groups in total. The average Bonchev–Trinajstić information content (AvgIpc) is 2.25. The van der Waals surface area contributed by atoms with Gasteiger partial charge >= 0.3 is 0 Å². The van der Waals surface area contributed by atoms with Crippen LogP contribution in [0.3, 0.4) is 0 Å². The fraction of sp³-hybridized carbons (Fsp3) is 1.00. The lowest BCUT2D eigenvalue weighted by molar-refractivity contribution is 0.0566. The second-order valence-electron chi connectivity index (χ2n) is 4.55. The molecule has 2 aliphatic heterocycles. The summed E-state index contributed by atoms with van der Waals surface area (Å²) in [4.78, 5) is 5.04.